The highest BCUT2D eigenvalue weighted by molar-refractivity contribution is 5.95. The molecule has 1 aromatic heterocycles. The molecule has 1 amide bonds. The molecule has 0 bridgehead atoms. The third-order valence-corrected chi connectivity index (χ3v) is 5.20. The molecule has 0 saturated carbocycles. The van der Waals surface area contributed by atoms with Crippen molar-refractivity contribution >= 4 is 11.6 Å². The summed E-state index contributed by atoms with van der Waals surface area (Å²) in [5, 5.41) is 4.12. The number of likely N-dealkylation sites (tertiary alicyclic amines) is 1. The third kappa shape index (κ3) is 3.81. The first-order valence-corrected chi connectivity index (χ1v) is 9.63. The van der Waals surface area contributed by atoms with Gasteiger partial charge in [-0.25, -0.2) is 0 Å². The van der Waals surface area contributed by atoms with Crippen LogP contribution in [-0.4, -0.2) is 48.7 Å². The molecule has 29 heavy (non-hydrogen) atoms. The van der Waals surface area contributed by atoms with Crippen LogP contribution in [-0.2, 0) is 0 Å². The Kier molecular flexibility index (Phi) is 5.20. The van der Waals surface area contributed by atoms with Crippen LogP contribution in [0, 0.1) is 0 Å². The number of anilines is 1. The van der Waals surface area contributed by atoms with Gasteiger partial charge in [0.25, 0.3) is 5.91 Å². The Bertz CT molecular complexity index is 997. The van der Waals surface area contributed by atoms with Gasteiger partial charge in [0.15, 0.2) is 0 Å². The van der Waals surface area contributed by atoms with Crippen LogP contribution in [0.5, 0.6) is 5.75 Å². The summed E-state index contributed by atoms with van der Waals surface area (Å²) in [5.41, 5.74) is 2.50. The monoisotopic (exact) mass is 392 g/mol. The van der Waals surface area contributed by atoms with E-state index in [1.807, 2.05) is 72.4 Å². The molecule has 1 aliphatic heterocycles. The summed E-state index contributed by atoms with van der Waals surface area (Å²) >= 11 is 0. The third-order valence-electron chi connectivity index (χ3n) is 5.20. The minimum absolute atomic E-state index is 0.0135. The van der Waals surface area contributed by atoms with Crippen LogP contribution in [0.2, 0.25) is 0 Å². The minimum atomic E-state index is -0.204. The van der Waals surface area contributed by atoms with Crippen LogP contribution in [0.25, 0.3) is 11.4 Å². The van der Waals surface area contributed by atoms with Crippen molar-refractivity contribution in [2.45, 2.75) is 18.9 Å². The molecule has 1 atom stereocenters. The summed E-state index contributed by atoms with van der Waals surface area (Å²) in [5.74, 6) is 1.74. The zero-order valence-corrected chi connectivity index (χ0v) is 16.8. The Morgan fingerprint density at radius 3 is 2.72 bits per heavy atom. The van der Waals surface area contributed by atoms with Gasteiger partial charge in [0.2, 0.25) is 11.7 Å². The average molecular weight is 392 g/mol. The van der Waals surface area contributed by atoms with Crippen molar-refractivity contribution < 1.29 is 14.1 Å². The topological polar surface area (TPSA) is 71.7 Å². The standard InChI is InChI=1S/C22H24N4O3/c1-25(2)17-7-4-6-16(14-17)22(27)26-13-5-8-19(26)21-23-20(24-29-21)15-9-11-18(28-3)12-10-15/h4,6-7,9-12,14,19H,5,8,13H2,1-3H3. The van der Waals surface area contributed by atoms with Crippen molar-refractivity contribution in [3.05, 3.63) is 60.0 Å². The Morgan fingerprint density at radius 2 is 2.00 bits per heavy atom. The number of nitrogens with zero attached hydrogens (tertiary/aromatic N) is 4. The lowest BCUT2D eigenvalue weighted by atomic mass is 10.1. The van der Waals surface area contributed by atoms with E-state index in [-0.39, 0.29) is 11.9 Å². The van der Waals surface area contributed by atoms with Gasteiger partial charge in [-0.3, -0.25) is 4.79 Å². The first kappa shape index (κ1) is 19.0. The van der Waals surface area contributed by atoms with Crippen LogP contribution in [0.1, 0.15) is 35.1 Å². The van der Waals surface area contributed by atoms with E-state index in [1.54, 1.807) is 7.11 Å². The van der Waals surface area contributed by atoms with Crippen LogP contribution >= 0.6 is 0 Å². The van der Waals surface area contributed by atoms with Crippen LogP contribution < -0.4 is 9.64 Å². The summed E-state index contributed by atoms with van der Waals surface area (Å²) in [6.45, 7) is 0.677. The molecule has 7 nitrogen and oxygen atoms in total. The highest BCUT2D eigenvalue weighted by Gasteiger charge is 2.34. The van der Waals surface area contributed by atoms with E-state index in [9.17, 15) is 4.79 Å². The average Bonchev–Trinajstić information content (AvgIpc) is 3.43. The summed E-state index contributed by atoms with van der Waals surface area (Å²) < 4.78 is 10.7. The number of benzene rings is 2. The lowest BCUT2D eigenvalue weighted by Crippen LogP contribution is -2.30. The first-order chi connectivity index (χ1) is 14.1. The maximum atomic E-state index is 13.2. The zero-order valence-electron chi connectivity index (χ0n) is 16.8. The summed E-state index contributed by atoms with van der Waals surface area (Å²) in [6, 6.07) is 14.9. The fourth-order valence-electron chi connectivity index (χ4n) is 3.58. The zero-order chi connectivity index (χ0) is 20.4. The molecular weight excluding hydrogens is 368 g/mol. The number of carbonyl (C=O) groups is 1. The van der Waals surface area contributed by atoms with E-state index >= 15 is 0 Å². The van der Waals surface area contributed by atoms with Crippen molar-refractivity contribution in [1.29, 1.82) is 0 Å². The van der Waals surface area contributed by atoms with Gasteiger partial charge in [-0.05, 0) is 55.3 Å². The number of ether oxygens (including phenoxy) is 1. The molecule has 3 aromatic rings. The van der Waals surface area contributed by atoms with Gasteiger partial charge < -0.3 is 19.1 Å². The predicted molar refractivity (Wildman–Crippen MR) is 110 cm³/mol. The summed E-state index contributed by atoms with van der Waals surface area (Å²) in [7, 11) is 5.55. The van der Waals surface area contributed by atoms with Crippen LogP contribution in [0.3, 0.4) is 0 Å². The molecule has 2 heterocycles. The highest BCUT2D eigenvalue weighted by Crippen LogP contribution is 2.33. The second kappa shape index (κ2) is 7.95. The van der Waals surface area contributed by atoms with Gasteiger partial charge >= 0.3 is 0 Å². The maximum Gasteiger partial charge on any atom is 0.254 e. The van der Waals surface area contributed by atoms with E-state index in [4.69, 9.17) is 9.26 Å². The molecular formula is C22H24N4O3. The van der Waals surface area contributed by atoms with Crippen LogP contribution in [0.4, 0.5) is 5.69 Å². The largest absolute Gasteiger partial charge is 0.497 e. The van der Waals surface area contributed by atoms with Crippen molar-refractivity contribution in [3.63, 3.8) is 0 Å². The van der Waals surface area contributed by atoms with Gasteiger partial charge in [0.05, 0.1) is 7.11 Å². The fourth-order valence-corrected chi connectivity index (χ4v) is 3.58. The molecule has 0 N–H and O–H groups in total. The molecule has 1 aliphatic rings. The molecule has 7 heteroatoms. The minimum Gasteiger partial charge on any atom is -0.497 e. The number of hydrogen-bond donors (Lipinski definition) is 0. The SMILES string of the molecule is COc1ccc(-c2noc(C3CCCN3C(=O)c3cccc(N(C)C)c3)n2)cc1. The number of aromatic nitrogens is 2. The smallest absolute Gasteiger partial charge is 0.254 e. The van der Waals surface area contributed by atoms with Crippen molar-refractivity contribution in [2.24, 2.45) is 0 Å². The number of rotatable bonds is 5. The van der Waals surface area contributed by atoms with Crippen molar-refractivity contribution in [3.8, 4) is 17.1 Å². The van der Waals surface area contributed by atoms with Crippen LogP contribution in [0.15, 0.2) is 53.1 Å². The quantitative estimate of drug-likeness (QED) is 0.658. The molecule has 0 aliphatic carbocycles. The Hall–Kier alpha value is -3.35. The van der Waals surface area contributed by atoms with Crippen molar-refractivity contribution in [2.75, 3.05) is 32.6 Å². The van der Waals surface area contributed by atoms with E-state index in [0.29, 0.717) is 23.8 Å². The van der Waals surface area contributed by atoms with Gasteiger partial charge in [0.1, 0.15) is 11.8 Å². The predicted octanol–water partition coefficient (Wildman–Crippen LogP) is 3.79. The van der Waals surface area contributed by atoms with E-state index in [1.165, 1.54) is 0 Å². The van der Waals surface area contributed by atoms with E-state index in [2.05, 4.69) is 10.1 Å². The normalized spacial score (nSPS) is 16.1. The molecule has 1 fully saturated rings. The number of methoxy groups -OCH3 is 1. The lowest BCUT2D eigenvalue weighted by molar-refractivity contribution is 0.0710. The molecule has 2 aromatic carbocycles. The Morgan fingerprint density at radius 1 is 1.21 bits per heavy atom. The maximum absolute atomic E-state index is 13.2. The van der Waals surface area contributed by atoms with Crippen molar-refractivity contribution in [1.82, 2.24) is 15.0 Å². The second-order valence-corrected chi connectivity index (χ2v) is 7.29. The number of amides is 1. The Balaban J connectivity index is 1.56. The molecule has 0 spiro atoms. The Labute approximate surface area is 169 Å². The van der Waals surface area contributed by atoms with Gasteiger partial charge in [-0.15, -0.1) is 0 Å². The van der Waals surface area contributed by atoms with E-state index < -0.39 is 0 Å². The summed E-state index contributed by atoms with van der Waals surface area (Å²) in [4.78, 5) is 21.5. The van der Waals surface area contributed by atoms with Gasteiger partial charge in [-0.2, -0.15) is 4.98 Å². The molecule has 1 saturated heterocycles. The molecule has 1 unspecified atom stereocenters. The second-order valence-electron chi connectivity index (χ2n) is 7.29. The number of hydrogen-bond acceptors (Lipinski definition) is 6. The fraction of sp³-hybridized carbons (Fsp3) is 0.318. The molecule has 4 rings (SSSR count). The molecule has 0 radical (unpaired) electrons. The first-order valence-electron chi connectivity index (χ1n) is 9.63. The van der Waals surface area contributed by atoms with Gasteiger partial charge in [0, 0.05) is 37.5 Å². The molecule has 150 valence electrons. The highest BCUT2D eigenvalue weighted by atomic mass is 16.5. The van der Waals surface area contributed by atoms with Gasteiger partial charge in [-0.1, -0.05) is 11.2 Å². The van der Waals surface area contributed by atoms with E-state index in [0.717, 1.165) is 29.8 Å². The lowest BCUT2D eigenvalue weighted by Gasteiger charge is -2.22. The summed E-state index contributed by atoms with van der Waals surface area (Å²) in [6.07, 6.45) is 1.72. The number of carbonyl (C=O) groups excluding carboxylic acids is 1.